The number of nitrogens with one attached hydrogen (secondary N) is 1. The molecule has 9 nitrogen and oxygen atoms in total. The van der Waals surface area contributed by atoms with Crippen LogP contribution in [0.1, 0.15) is 36.2 Å². The van der Waals surface area contributed by atoms with Crippen LogP contribution in [-0.2, 0) is 0 Å². The Labute approximate surface area is 192 Å². The fourth-order valence-electron chi connectivity index (χ4n) is 4.59. The predicted molar refractivity (Wildman–Crippen MR) is 121 cm³/mol. The van der Waals surface area contributed by atoms with Crippen molar-refractivity contribution >= 4 is 11.0 Å². The molecule has 0 aliphatic heterocycles. The summed E-state index contributed by atoms with van der Waals surface area (Å²) in [7, 11) is 0. The smallest absolute Gasteiger partial charge is 0.305 e. The Balaban J connectivity index is 1.37. The summed E-state index contributed by atoms with van der Waals surface area (Å²) in [5.41, 5.74) is 2.87. The molecule has 6 rings (SSSR count). The lowest BCUT2D eigenvalue weighted by Crippen LogP contribution is -2.32. The summed E-state index contributed by atoms with van der Waals surface area (Å²) in [5.74, 6) is 0.848. The SMILES string of the molecule is N#Cc1ccc2c(c1)[nH]c(=O)n2[C@H]1C[C@H](c2nnc(-c3ccncn3)n2-c2cccc(F)c2)C1. The fraction of sp³-hybridized carbons (Fsp3) is 0.167. The van der Waals surface area contributed by atoms with Crippen molar-refractivity contribution < 1.29 is 4.39 Å². The van der Waals surface area contributed by atoms with E-state index in [2.05, 4.69) is 31.2 Å². The van der Waals surface area contributed by atoms with Gasteiger partial charge in [-0.15, -0.1) is 10.2 Å². The zero-order valence-electron chi connectivity index (χ0n) is 17.8. The minimum absolute atomic E-state index is 0.0200. The van der Waals surface area contributed by atoms with Gasteiger partial charge in [-0.05, 0) is 55.3 Å². The molecular formula is C24H17FN8O. The number of hydrogen-bond acceptors (Lipinski definition) is 6. The minimum atomic E-state index is -0.362. The molecule has 5 aromatic rings. The van der Waals surface area contributed by atoms with E-state index in [4.69, 9.17) is 5.26 Å². The van der Waals surface area contributed by atoms with E-state index in [1.807, 2.05) is 4.57 Å². The quantitative estimate of drug-likeness (QED) is 0.446. The summed E-state index contributed by atoms with van der Waals surface area (Å²) in [4.78, 5) is 23.8. The molecule has 1 fully saturated rings. The van der Waals surface area contributed by atoms with Gasteiger partial charge in [-0.3, -0.25) is 9.13 Å². The van der Waals surface area contributed by atoms with Gasteiger partial charge in [-0.25, -0.2) is 19.2 Å². The highest BCUT2D eigenvalue weighted by molar-refractivity contribution is 5.77. The van der Waals surface area contributed by atoms with E-state index in [0.29, 0.717) is 47.0 Å². The second-order valence-corrected chi connectivity index (χ2v) is 8.26. The number of fused-ring (bicyclic) bond motifs is 1. The first-order chi connectivity index (χ1) is 16.6. The zero-order chi connectivity index (χ0) is 23.2. The summed E-state index contributed by atoms with van der Waals surface area (Å²) >= 11 is 0. The topological polar surface area (TPSA) is 118 Å². The summed E-state index contributed by atoms with van der Waals surface area (Å²) < 4.78 is 17.6. The summed E-state index contributed by atoms with van der Waals surface area (Å²) in [6.07, 6.45) is 4.39. The minimum Gasteiger partial charge on any atom is -0.305 e. The molecule has 0 amide bonds. The summed E-state index contributed by atoms with van der Waals surface area (Å²) in [6.45, 7) is 0. The number of benzene rings is 2. The number of aromatic amines is 1. The predicted octanol–water partition coefficient (Wildman–Crippen LogP) is 3.50. The number of nitriles is 1. The van der Waals surface area contributed by atoms with Crippen molar-refractivity contribution in [3.8, 4) is 23.3 Å². The van der Waals surface area contributed by atoms with E-state index in [0.717, 1.165) is 5.52 Å². The second kappa shape index (κ2) is 7.74. The number of aromatic nitrogens is 7. The first kappa shape index (κ1) is 20.0. The van der Waals surface area contributed by atoms with Gasteiger partial charge in [0.25, 0.3) is 0 Å². The molecule has 0 saturated heterocycles. The molecule has 0 radical (unpaired) electrons. The van der Waals surface area contributed by atoms with E-state index < -0.39 is 0 Å². The molecule has 0 bridgehead atoms. The van der Waals surface area contributed by atoms with Crippen LogP contribution in [-0.4, -0.2) is 34.3 Å². The first-order valence-electron chi connectivity index (χ1n) is 10.7. The van der Waals surface area contributed by atoms with Gasteiger partial charge in [-0.1, -0.05) is 6.07 Å². The third-order valence-electron chi connectivity index (χ3n) is 6.25. The lowest BCUT2D eigenvalue weighted by molar-refractivity contribution is 0.254. The van der Waals surface area contributed by atoms with Crippen molar-refractivity contribution in [2.24, 2.45) is 0 Å². The highest BCUT2D eigenvalue weighted by Crippen LogP contribution is 2.45. The van der Waals surface area contributed by atoms with Crippen LogP contribution in [0.4, 0.5) is 4.39 Å². The third-order valence-corrected chi connectivity index (χ3v) is 6.25. The molecule has 1 N–H and O–H groups in total. The maximum absolute atomic E-state index is 14.1. The molecule has 166 valence electrons. The van der Waals surface area contributed by atoms with Crippen molar-refractivity contribution in [2.75, 3.05) is 0 Å². The second-order valence-electron chi connectivity index (χ2n) is 8.26. The normalized spacial score (nSPS) is 17.4. The van der Waals surface area contributed by atoms with E-state index in [1.165, 1.54) is 18.5 Å². The van der Waals surface area contributed by atoms with Crippen molar-refractivity contribution in [3.63, 3.8) is 0 Å². The lowest BCUT2D eigenvalue weighted by Gasteiger charge is -2.35. The van der Waals surface area contributed by atoms with Gasteiger partial charge in [-0.2, -0.15) is 5.26 Å². The van der Waals surface area contributed by atoms with Gasteiger partial charge in [0.1, 0.15) is 23.7 Å². The molecule has 1 aliphatic carbocycles. The number of imidazole rings is 1. The Morgan fingerprint density at radius 3 is 2.76 bits per heavy atom. The largest absolute Gasteiger partial charge is 0.326 e. The standard InChI is InChI=1S/C24H17FN8O/c25-16-2-1-3-17(11-16)33-22(30-31-23(33)19-6-7-27-13-28-19)15-9-18(10-15)32-21-5-4-14(12-26)8-20(21)29-24(32)34/h1-8,11,13,15,18H,9-10H2,(H,29,34)/t15-,18-. The van der Waals surface area contributed by atoms with Crippen molar-refractivity contribution in [2.45, 2.75) is 24.8 Å². The monoisotopic (exact) mass is 452 g/mol. The van der Waals surface area contributed by atoms with Crippen LogP contribution < -0.4 is 5.69 Å². The molecule has 2 aromatic carbocycles. The number of halogens is 1. The van der Waals surface area contributed by atoms with Crippen LogP contribution in [0.2, 0.25) is 0 Å². The Hall–Kier alpha value is -4.65. The van der Waals surface area contributed by atoms with Crippen LogP contribution in [0.15, 0.2) is 65.8 Å². The van der Waals surface area contributed by atoms with Crippen molar-refractivity contribution in [1.82, 2.24) is 34.3 Å². The van der Waals surface area contributed by atoms with Crippen LogP contribution >= 0.6 is 0 Å². The van der Waals surface area contributed by atoms with Crippen molar-refractivity contribution in [3.05, 3.63) is 88.7 Å². The van der Waals surface area contributed by atoms with Crippen LogP contribution in [0, 0.1) is 17.1 Å². The Kier molecular flexibility index (Phi) is 4.55. The molecular weight excluding hydrogens is 435 g/mol. The molecule has 3 heterocycles. The highest BCUT2D eigenvalue weighted by Gasteiger charge is 2.37. The van der Waals surface area contributed by atoms with Gasteiger partial charge >= 0.3 is 5.69 Å². The van der Waals surface area contributed by atoms with E-state index >= 15 is 0 Å². The fourth-order valence-corrected chi connectivity index (χ4v) is 4.59. The summed E-state index contributed by atoms with van der Waals surface area (Å²) in [6, 6.07) is 15.2. The Morgan fingerprint density at radius 2 is 2.00 bits per heavy atom. The molecule has 34 heavy (non-hydrogen) atoms. The average molecular weight is 452 g/mol. The van der Waals surface area contributed by atoms with Crippen LogP contribution in [0.5, 0.6) is 0 Å². The lowest BCUT2D eigenvalue weighted by atomic mass is 9.79. The van der Waals surface area contributed by atoms with Crippen molar-refractivity contribution in [1.29, 1.82) is 5.26 Å². The number of nitrogens with zero attached hydrogens (tertiary/aromatic N) is 7. The molecule has 1 aliphatic rings. The third kappa shape index (κ3) is 3.17. The Bertz CT molecular complexity index is 1620. The molecule has 0 atom stereocenters. The van der Waals surface area contributed by atoms with E-state index in [1.54, 1.807) is 47.2 Å². The molecule has 10 heteroatoms. The number of hydrogen-bond donors (Lipinski definition) is 1. The average Bonchev–Trinajstić information content (AvgIpc) is 3.40. The van der Waals surface area contributed by atoms with Crippen LogP contribution in [0.25, 0.3) is 28.2 Å². The number of rotatable bonds is 4. The van der Waals surface area contributed by atoms with Gasteiger partial charge in [0.05, 0.1) is 28.4 Å². The molecule has 1 saturated carbocycles. The van der Waals surface area contributed by atoms with Gasteiger partial charge in [0.2, 0.25) is 0 Å². The zero-order valence-corrected chi connectivity index (χ0v) is 17.8. The van der Waals surface area contributed by atoms with Gasteiger partial charge < -0.3 is 4.98 Å². The first-order valence-corrected chi connectivity index (χ1v) is 10.7. The molecule has 3 aromatic heterocycles. The van der Waals surface area contributed by atoms with Gasteiger partial charge in [0, 0.05) is 18.2 Å². The van der Waals surface area contributed by atoms with Gasteiger partial charge in [0.15, 0.2) is 5.82 Å². The summed E-state index contributed by atoms with van der Waals surface area (Å²) in [5, 5.41) is 17.9. The number of H-pyrrole nitrogens is 1. The highest BCUT2D eigenvalue weighted by atomic mass is 19.1. The van der Waals surface area contributed by atoms with Crippen LogP contribution in [0.3, 0.4) is 0 Å². The maximum Gasteiger partial charge on any atom is 0.326 e. The Morgan fingerprint density at radius 1 is 1.12 bits per heavy atom. The van der Waals surface area contributed by atoms with E-state index in [-0.39, 0.29) is 23.5 Å². The maximum atomic E-state index is 14.1. The molecule has 0 spiro atoms. The molecule has 0 unspecified atom stereocenters. The van der Waals surface area contributed by atoms with E-state index in [9.17, 15) is 9.18 Å².